The second kappa shape index (κ2) is 16.5. The van der Waals surface area contributed by atoms with Gasteiger partial charge in [-0.25, -0.2) is 9.37 Å². The van der Waals surface area contributed by atoms with Crippen molar-refractivity contribution < 1.29 is 28.7 Å². The van der Waals surface area contributed by atoms with Crippen molar-refractivity contribution in [2.24, 2.45) is 5.92 Å². The molecule has 1 aromatic heterocycles. The number of carboxylic acid groups (broad SMARTS) is 1. The highest BCUT2D eigenvalue weighted by Crippen LogP contribution is 2.34. The molecule has 6 rings (SSSR count). The number of pyridine rings is 1. The van der Waals surface area contributed by atoms with Crippen molar-refractivity contribution in [1.29, 1.82) is 0 Å². The molecule has 51 heavy (non-hydrogen) atoms. The van der Waals surface area contributed by atoms with Crippen LogP contribution >= 0.6 is 0 Å². The molecule has 272 valence electrons. The molecule has 0 spiro atoms. The third-order valence-corrected chi connectivity index (χ3v) is 10.4. The number of halogens is 1. The van der Waals surface area contributed by atoms with Crippen LogP contribution in [0.2, 0.25) is 0 Å². The van der Waals surface area contributed by atoms with Crippen molar-refractivity contribution in [3.8, 4) is 0 Å². The number of carbonyl (C=O) groups is 4. The summed E-state index contributed by atoms with van der Waals surface area (Å²) in [7, 11) is 4.36. The predicted molar refractivity (Wildman–Crippen MR) is 196 cm³/mol. The first-order valence-corrected chi connectivity index (χ1v) is 17.7. The Labute approximate surface area is 298 Å². The van der Waals surface area contributed by atoms with Gasteiger partial charge in [0, 0.05) is 30.7 Å². The predicted octanol–water partition coefficient (Wildman–Crippen LogP) is 5.02. The third kappa shape index (κ3) is 9.10. The standard InChI is InChI=1S/C38H47FN6O3.CH2O2/c1-25(32-13-12-31(23-27(32)9-8-26-6-7-26)44(4)30-16-20-43(3)21-17-30)41-37(48)38(2)18-5-19-45(38)35(46)24-40-36(47)34-14-10-28-22-29(39)11-15-33(28)42-34;2-1-3/h8-15,22-23,25-26,30H,5-7,16-21,24H2,1-4H3,(H,40,47)(H,41,48);1H,(H,2,3)/b9-8+;/t25-,38-;/m0./s1. The van der Waals surface area contributed by atoms with Gasteiger partial charge < -0.3 is 30.4 Å². The number of amides is 3. The number of carbonyl (C=O) groups excluding carboxylic acids is 3. The fourth-order valence-electron chi connectivity index (χ4n) is 7.04. The number of piperidine rings is 1. The Bertz CT molecular complexity index is 1770. The van der Waals surface area contributed by atoms with Crippen molar-refractivity contribution in [2.75, 3.05) is 45.2 Å². The number of benzene rings is 2. The number of anilines is 1. The topological polar surface area (TPSA) is 135 Å². The Hall–Kier alpha value is -4.84. The molecule has 0 bridgehead atoms. The molecule has 3 N–H and O–H groups in total. The SMILES string of the molecule is C[C@H](NC(=O)[C@]1(C)CCCN1C(=O)CNC(=O)c1ccc2cc(F)ccc2n1)c1ccc(N(C)C2CCN(C)CC2)cc1/C=C/C1CC1.O=CO. The summed E-state index contributed by atoms with van der Waals surface area (Å²) in [6.45, 7) is 5.92. The Morgan fingerprint density at radius 2 is 1.80 bits per heavy atom. The fourth-order valence-corrected chi connectivity index (χ4v) is 7.04. The Morgan fingerprint density at radius 3 is 2.51 bits per heavy atom. The molecule has 2 aromatic carbocycles. The minimum Gasteiger partial charge on any atom is -0.483 e. The summed E-state index contributed by atoms with van der Waals surface area (Å²) < 4.78 is 13.5. The normalized spacial score (nSPS) is 20.1. The van der Waals surface area contributed by atoms with Gasteiger partial charge in [0.1, 0.15) is 17.1 Å². The number of aromatic nitrogens is 1. The molecule has 3 heterocycles. The molecule has 12 heteroatoms. The summed E-state index contributed by atoms with van der Waals surface area (Å²) in [4.78, 5) is 59.2. The maximum Gasteiger partial charge on any atom is 0.290 e. The van der Waals surface area contributed by atoms with Gasteiger partial charge in [-0.15, -0.1) is 0 Å². The van der Waals surface area contributed by atoms with Crippen LogP contribution < -0.4 is 15.5 Å². The van der Waals surface area contributed by atoms with Gasteiger partial charge in [-0.3, -0.25) is 19.2 Å². The van der Waals surface area contributed by atoms with E-state index in [4.69, 9.17) is 9.90 Å². The first kappa shape index (κ1) is 37.4. The molecule has 11 nitrogen and oxygen atoms in total. The van der Waals surface area contributed by atoms with Crippen LogP contribution in [0.5, 0.6) is 0 Å². The molecular weight excluding hydrogens is 651 g/mol. The highest BCUT2D eigenvalue weighted by atomic mass is 19.1. The second-order valence-corrected chi connectivity index (χ2v) is 14.1. The molecule has 0 unspecified atom stereocenters. The molecule has 3 aliphatic rings. The fraction of sp³-hybridized carbons (Fsp3) is 0.462. The van der Waals surface area contributed by atoms with Crippen molar-refractivity contribution in [3.63, 3.8) is 0 Å². The third-order valence-electron chi connectivity index (χ3n) is 10.4. The lowest BCUT2D eigenvalue weighted by Gasteiger charge is -2.37. The second-order valence-electron chi connectivity index (χ2n) is 14.1. The van der Waals surface area contributed by atoms with Crippen LogP contribution in [0.4, 0.5) is 10.1 Å². The number of hydrogen-bond donors (Lipinski definition) is 3. The monoisotopic (exact) mass is 700 g/mol. The number of nitrogens with zero attached hydrogens (tertiary/aromatic N) is 4. The van der Waals surface area contributed by atoms with Crippen molar-refractivity contribution in [3.05, 3.63) is 77.2 Å². The smallest absolute Gasteiger partial charge is 0.290 e. The minimum atomic E-state index is -1.04. The number of rotatable bonds is 10. The number of hydrogen-bond acceptors (Lipinski definition) is 7. The van der Waals surface area contributed by atoms with E-state index in [2.05, 4.69) is 69.9 Å². The first-order valence-electron chi connectivity index (χ1n) is 17.7. The summed E-state index contributed by atoms with van der Waals surface area (Å²) in [6, 6.07) is 14.0. The van der Waals surface area contributed by atoms with Crippen LogP contribution in [-0.4, -0.2) is 95.9 Å². The maximum absolute atomic E-state index is 13.9. The molecule has 2 atom stereocenters. The van der Waals surface area contributed by atoms with Crippen molar-refractivity contribution >= 4 is 46.9 Å². The van der Waals surface area contributed by atoms with Gasteiger partial charge in [0.25, 0.3) is 12.4 Å². The van der Waals surface area contributed by atoms with E-state index in [1.807, 2.05) is 6.92 Å². The van der Waals surface area contributed by atoms with Crippen LogP contribution in [0.25, 0.3) is 17.0 Å². The largest absolute Gasteiger partial charge is 0.483 e. The van der Waals surface area contributed by atoms with E-state index >= 15 is 0 Å². The van der Waals surface area contributed by atoms with E-state index in [9.17, 15) is 18.8 Å². The summed E-state index contributed by atoms with van der Waals surface area (Å²) >= 11 is 0. The summed E-state index contributed by atoms with van der Waals surface area (Å²) in [6.07, 6.45) is 10.4. The van der Waals surface area contributed by atoms with Crippen molar-refractivity contribution in [1.82, 2.24) is 25.4 Å². The maximum atomic E-state index is 13.9. The van der Waals surface area contributed by atoms with E-state index in [0.717, 1.165) is 37.1 Å². The quantitative estimate of drug-likeness (QED) is 0.251. The highest BCUT2D eigenvalue weighted by Gasteiger charge is 2.46. The van der Waals surface area contributed by atoms with Gasteiger partial charge in [-0.1, -0.05) is 24.3 Å². The lowest BCUT2D eigenvalue weighted by Crippen LogP contribution is -2.57. The van der Waals surface area contributed by atoms with Crippen LogP contribution in [-0.2, 0) is 14.4 Å². The molecule has 3 amide bonds. The van der Waals surface area contributed by atoms with Gasteiger partial charge >= 0.3 is 0 Å². The number of nitrogens with one attached hydrogen (secondary N) is 2. The molecular formula is C39H49FN6O5. The van der Waals surface area contributed by atoms with Crippen LogP contribution in [0.15, 0.2) is 54.6 Å². The zero-order chi connectivity index (χ0) is 36.7. The average molecular weight is 701 g/mol. The van der Waals surface area contributed by atoms with Crippen LogP contribution in [0.1, 0.15) is 80.0 Å². The average Bonchev–Trinajstić information content (AvgIpc) is 3.87. The molecule has 3 fully saturated rings. The van der Waals surface area contributed by atoms with Gasteiger partial charge in [0.05, 0.1) is 18.1 Å². The van der Waals surface area contributed by atoms with E-state index in [1.54, 1.807) is 17.9 Å². The molecule has 2 aliphatic heterocycles. The van der Waals surface area contributed by atoms with Crippen molar-refractivity contribution in [2.45, 2.75) is 70.0 Å². The van der Waals surface area contributed by atoms with Gasteiger partial charge in [0.15, 0.2) is 0 Å². The molecule has 1 saturated carbocycles. The van der Waals surface area contributed by atoms with Gasteiger partial charge in [-0.05, 0) is 126 Å². The lowest BCUT2D eigenvalue weighted by molar-refractivity contribution is -0.143. The van der Waals surface area contributed by atoms with Gasteiger partial charge in [0.2, 0.25) is 11.8 Å². The van der Waals surface area contributed by atoms with E-state index < -0.39 is 11.4 Å². The number of allylic oxidation sites excluding steroid dienone is 1. The molecule has 0 radical (unpaired) electrons. The summed E-state index contributed by atoms with van der Waals surface area (Å²) in [5, 5.41) is 13.4. The first-order chi connectivity index (χ1) is 24.4. The number of likely N-dealkylation sites (tertiary alicyclic amines) is 2. The Kier molecular flexibility index (Phi) is 12.1. The molecule has 3 aromatic rings. The van der Waals surface area contributed by atoms with E-state index in [1.165, 1.54) is 42.8 Å². The molecule has 1 aliphatic carbocycles. The summed E-state index contributed by atoms with van der Waals surface area (Å²) in [5.74, 6) is -0.806. The Balaban J connectivity index is 0.00000162. The highest BCUT2D eigenvalue weighted by molar-refractivity contribution is 5.98. The van der Waals surface area contributed by atoms with E-state index in [0.29, 0.717) is 42.2 Å². The van der Waals surface area contributed by atoms with Gasteiger partial charge in [-0.2, -0.15) is 0 Å². The zero-order valence-corrected chi connectivity index (χ0v) is 29.9. The van der Waals surface area contributed by atoms with Crippen LogP contribution in [0.3, 0.4) is 0 Å². The number of fused-ring (bicyclic) bond motifs is 1. The molecule has 2 saturated heterocycles. The minimum absolute atomic E-state index is 0.132. The zero-order valence-electron chi connectivity index (χ0n) is 29.9. The Morgan fingerprint density at radius 1 is 1.08 bits per heavy atom. The van der Waals surface area contributed by atoms with E-state index in [-0.39, 0.29) is 42.4 Å². The summed E-state index contributed by atoms with van der Waals surface area (Å²) in [5.41, 5.74) is 2.90. The lowest BCUT2D eigenvalue weighted by atomic mass is 9.94. The van der Waals surface area contributed by atoms with Crippen LogP contribution in [0, 0.1) is 11.7 Å².